The number of benzene rings is 2. The highest BCUT2D eigenvalue weighted by Crippen LogP contribution is 2.61. The number of methoxy groups -OCH3 is 2. The van der Waals surface area contributed by atoms with E-state index in [1.165, 1.54) is 30.7 Å². The van der Waals surface area contributed by atoms with E-state index < -0.39 is 5.91 Å². The number of carbonyl (C=O) groups excluding carboxylic acids is 2. The maximum atomic E-state index is 12.8. The van der Waals surface area contributed by atoms with Crippen LogP contribution in [0.3, 0.4) is 0 Å². The number of phenolic OH excluding ortho intramolecular Hbond substituents is 1. The number of unbranched alkanes of at least 4 members (excludes halogenated alkanes) is 1. The summed E-state index contributed by atoms with van der Waals surface area (Å²) in [7, 11) is 3.15. The van der Waals surface area contributed by atoms with Crippen molar-refractivity contribution in [2.45, 2.75) is 76.7 Å². The molecule has 8 nitrogen and oxygen atoms in total. The SMILES string of the molecule is COc1ccc2c(c1)CCC1C2CCC2(C)C(OC(=O)CCCCNC(=O)c3c(OC)ccc(N)c3O)CCC12. The van der Waals surface area contributed by atoms with Crippen molar-refractivity contribution in [2.75, 3.05) is 26.5 Å². The molecule has 0 bridgehead atoms. The van der Waals surface area contributed by atoms with Crippen LogP contribution in [0.2, 0.25) is 0 Å². The monoisotopic (exact) mass is 550 g/mol. The number of esters is 1. The lowest BCUT2D eigenvalue weighted by atomic mass is 9.55. The average molecular weight is 551 g/mol. The fourth-order valence-electron chi connectivity index (χ4n) is 7.71. The summed E-state index contributed by atoms with van der Waals surface area (Å²) in [4.78, 5) is 25.4. The fraction of sp³-hybridized carbons (Fsp3) is 0.562. The number of fused-ring (bicyclic) bond motifs is 5. The van der Waals surface area contributed by atoms with Gasteiger partial charge in [-0.2, -0.15) is 0 Å². The predicted molar refractivity (Wildman–Crippen MR) is 153 cm³/mol. The average Bonchev–Trinajstić information content (AvgIpc) is 3.29. The predicted octanol–water partition coefficient (Wildman–Crippen LogP) is 5.36. The Morgan fingerprint density at radius 3 is 2.67 bits per heavy atom. The van der Waals surface area contributed by atoms with Crippen molar-refractivity contribution in [2.24, 2.45) is 17.3 Å². The molecule has 5 rings (SSSR count). The number of aryl methyl sites for hydroxylation is 1. The molecule has 0 radical (unpaired) electrons. The van der Waals surface area contributed by atoms with E-state index in [4.69, 9.17) is 19.9 Å². The smallest absolute Gasteiger partial charge is 0.306 e. The molecule has 0 aromatic heterocycles. The Morgan fingerprint density at radius 1 is 1.07 bits per heavy atom. The summed E-state index contributed by atoms with van der Waals surface area (Å²) in [5.74, 6) is 2.09. The third-order valence-electron chi connectivity index (χ3n) is 9.83. The van der Waals surface area contributed by atoms with Crippen molar-refractivity contribution in [1.29, 1.82) is 0 Å². The summed E-state index contributed by atoms with van der Waals surface area (Å²) in [6.07, 6.45) is 8.07. The van der Waals surface area contributed by atoms with Gasteiger partial charge in [0.2, 0.25) is 0 Å². The first kappa shape index (κ1) is 28.1. The molecule has 4 N–H and O–H groups in total. The third-order valence-corrected chi connectivity index (χ3v) is 9.83. The van der Waals surface area contributed by atoms with Gasteiger partial charge in [-0.1, -0.05) is 13.0 Å². The largest absolute Gasteiger partial charge is 0.505 e. The van der Waals surface area contributed by atoms with E-state index in [1.54, 1.807) is 13.2 Å². The summed E-state index contributed by atoms with van der Waals surface area (Å²) in [5, 5.41) is 13.0. The molecule has 0 aliphatic heterocycles. The van der Waals surface area contributed by atoms with E-state index in [0.29, 0.717) is 43.6 Å². The van der Waals surface area contributed by atoms with E-state index in [9.17, 15) is 14.7 Å². The number of nitrogens with two attached hydrogens (primary N) is 1. The lowest BCUT2D eigenvalue weighted by Gasteiger charge is -2.50. The Bertz CT molecular complexity index is 1260. The molecule has 0 spiro atoms. The van der Waals surface area contributed by atoms with Crippen molar-refractivity contribution in [3.8, 4) is 17.2 Å². The van der Waals surface area contributed by atoms with Gasteiger partial charge in [0.15, 0.2) is 5.75 Å². The van der Waals surface area contributed by atoms with Crippen molar-refractivity contribution in [1.82, 2.24) is 5.32 Å². The zero-order chi connectivity index (χ0) is 28.4. The second kappa shape index (κ2) is 11.6. The minimum Gasteiger partial charge on any atom is -0.505 e. The highest BCUT2D eigenvalue weighted by atomic mass is 16.5. The molecule has 5 unspecified atom stereocenters. The summed E-state index contributed by atoms with van der Waals surface area (Å²) < 4.78 is 16.7. The number of ether oxygens (including phenoxy) is 3. The first-order valence-corrected chi connectivity index (χ1v) is 14.6. The van der Waals surface area contributed by atoms with Gasteiger partial charge in [0.25, 0.3) is 5.91 Å². The zero-order valence-electron chi connectivity index (χ0n) is 23.8. The molecule has 216 valence electrons. The van der Waals surface area contributed by atoms with Gasteiger partial charge < -0.3 is 30.4 Å². The molecular formula is C32H42N2O6. The highest BCUT2D eigenvalue weighted by molar-refractivity contribution is 6.01. The number of anilines is 1. The van der Waals surface area contributed by atoms with Gasteiger partial charge in [0.1, 0.15) is 23.2 Å². The Hall–Kier alpha value is -3.42. The minimum atomic E-state index is -0.464. The molecule has 8 heteroatoms. The molecule has 0 saturated heterocycles. The summed E-state index contributed by atoms with van der Waals surface area (Å²) in [6, 6.07) is 9.61. The number of carbonyl (C=O) groups is 2. The second-order valence-electron chi connectivity index (χ2n) is 11.9. The minimum absolute atomic E-state index is 0.0156. The van der Waals surface area contributed by atoms with E-state index in [1.807, 2.05) is 0 Å². The van der Waals surface area contributed by atoms with Crippen LogP contribution in [0, 0.1) is 17.3 Å². The van der Waals surface area contributed by atoms with Crippen molar-refractivity contribution < 1.29 is 28.9 Å². The Morgan fingerprint density at radius 2 is 1.90 bits per heavy atom. The Kier molecular flexibility index (Phi) is 8.15. The molecule has 3 aliphatic carbocycles. The number of hydrogen-bond acceptors (Lipinski definition) is 7. The zero-order valence-corrected chi connectivity index (χ0v) is 23.8. The molecular weight excluding hydrogens is 508 g/mol. The van der Waals surface area contributed by atoms with Crippen molar-refractivity contribution in [3.63, 3.8) is 0 Å². The molecule has 3 aliphatic rings. The first-order chi connectivity index (χ1) is 19.3. The van der Waals surface area contributed by atoms with E-state index in [-0.39, 0.29) is 40.2 Å². The maximum Gasteiger partial charge on any atom is 0.306 e. The van der Waals surface area contributed by atoms with Gasteiger partial charge in [-0.3, -0.25) is 9.59 Å². The molecule has 40 heavy (non-hydrogen) atoms. The third kappa shape index (κ3) is 5.20. The Balaban J connectivity index is 1.10. The standard InChI is InChI=1S/C32H42N2O6/c1-32-16-15-22-21-10-8-20(38-2)18-19(21)7-9-23(22)24(32)11-14-27(32)40-28(35)6-4-5-17-34-31(37)29-26(39-3)13-12-25(33)30(29)36/h8,10,12-13,18,22-24,27,36H,4-7,9,11,14-17,33H2,1-3H3,(H,34,37). The highest BCUT2D eigenvalue weighted by Gasteiger charge is 2.56. The fourth-order valence-corrected chi connectivity index (χ4v) is 7.71. The number of rotatable bonds is 9. The molecule has 1 amide bonds. The number of amides is 1. The number of aromatic hydroxyl groups is 1. The van der Waals surface area contributed by atoms with Crippen LogP contribution in [0.4, 0.5) is 5.69 Å². The van der Waals surface area contributed by atoms with Gasteiger partial charge >= 0.3 is 5.97 Å². The quantitative estimate of drug-likeness (QED) is 0.166. The number of nitrogen functional groups attached to an aromatic ring is 1. The number of nitrogens with one attached hydrogen (secondary N) is 1. The van der Waals surface area contributed by atoms with Crippen LogP contribution in [-0.2, 0) is 16.0 Å². The van der Waals surface area contributed by atoms with Crippen LogP contribution in [-0.4, -0.2) is 43.9 Å². The van der Waals surface area contributed by atoms with E-state index in [2.05, 4.69) is 30.4 Å². The van der Waals surface area contributed by atoms with E-state index >= 15 is 0 Å². The molecule has 2 aromatic rings. The molecule has 2 aromatic carbocycles. The van der Waals surface area contributed by atoms with Crippen molar-refractivity contribution in [3.05, 3.63) is 47.0 Å². The lowest BCUT2D eigenvalue weighted by Crippen LogP contribution is -2.45. The van der Waals surface area contributed by atoms with Gasteiger partial charge in [-0.25, -0.2) is 0 Å². The van der Waals surface area contributed by atoms with Crippen LogP contribution in [0.5, 0.6) is 17.2 Å². The molecule has 2 saturated carbocycles. The summed E-state index contributed by atoms with van der Waals surface area (Å²) in [5.41, 5.74) is 8.82. The molecule has 0 heterocycles. The lowest BCUT2D eigenvalue weighted by molar-refractivity contribution is -0.157. The second-order valence-corrected chi connectivity index (χ2v) is 11.9. The van der Waals surface area contributed by atoms with E-state index in [0.717, 1.165) is 37.9 Å². The van der Waals surface area contributed by atoms with Crippen LogP contribution in [0.25, 0.3) is 0 Å². The van der Waals surface area contributed by atoms with Gasteiger partial charge in [-0.05, 0) is 105 Å². The molecule has 5 atom stereocenters. The Labute approximate surface area is 236 Å². The summed E-state index contributed by atoms with van der Waals surface area (Å²) in [6.45, 7) is 2.71. The van der Waals surface area contributed by atoms with Crippen molar-refractivity contribution >= 4 is 17.6 Å². The van der Waals surface area contributed by atoms with Crippen LogP contribution >= 0.6 is 0 Å². The molecule has 2 fully saturated rings. The normalized spacial score (nSPS) is 26.7. The van der Waals surface area contributed by atoms with Crippen LogP contribution in [0.15, 0.2) is 30.3 Å². The van der Waals surface area contributed by atoms with Crippen LogP contribution in [0.1, 0.15) is 85.7 Å². The van der Waals surface area contributed by atoms with Gasteiger partial charge in [-0.15, -0.1) is 0 Å². The first-order valence-electron chi connectivity index (χ1n) is 14.6. The number of phenols is 1. The van der Waals surface area contributed by atoms with Gasteiger partial charge in [0.05, 0.1) is 19.9 Å². The summed E-state index contributed by atoms with van der Waals surface area (Å²) >= 11 is 0. The maximum absolute atomic E-state index is 12.8. The topological polar surface area (TPSA) is 120 Å². The van der Waals surface area contributed by atoms with Crippen LogP contribution < -0.4 is 20.5 Å². The number of hydrogen-bond donors (Lipinski definition) is 3. The van der Waals surface area contributed by atoms with Gasteiger partial charge in [0, 0.05) is 18.4 Å².